The van der Waals surface area contributed by atoms with Crippen molar-refractivity contribution in [2.45, 2.75) is 27.7 Å². The first-order chi connectivity index (χ1) is 19.5. The van der Waals surface area contributed by atoms with Crippen LogP contribution in [0.2, 0.25) is 0 Å². The van der Waals surface area contributed by atoms with Gasteiger partial charge in [-0.2, -0.15) is 0 Å². The molecule has 0 bridgehead atoms. The Bertz CT molecular complexity index is 1880. The fraction of sp³-hybridized carbons (Fsp3) is 0.105. The first-order valence-electron chi connectivity index (χ1n) is 13.9. The molecule has 0 saturated heterocycles. The third-order valence-electron chi connectivity index (χ3n) is 8.20. The van der Waals surface area contributed by atoms with Gasteiger partial charge in [-0.3, -0.25) is 9.98 Å². The molecule has 2 aliphatic heterocycles. The van der Waals surface area contributed by atoms with Crippen molar-refractivity contribution in [3.63, 3.8) is 0 Å². The molecule has 4 aromatic carbocycles. The fourth-order valence-electron chi connectivity index (χ4n) is 6.26. The summed E-state index contributed by atoms with van der Waals surface area (Å²) >= 11 is 0. The predicted molar refractivity (Wildman–Crippen MR) is 172 cm³/mol. The van der Waals surface area contributed by atoms with E-state index < -0.39 is 0 Å². The first-order valence-corrected chi connectivity index (χ1v) is 13.9. The molecule has 0 aromatic heterocycles. The smallest absolute Gasteiger partial charge is 1.00 e. The number of aliphatic imine (C=N–C) groups is 2. The van der Waals surface area contributed by atoms with Gasteiger partial charge in [-0.1, -0.05) is 109 Å². The number of halogens is 2. The summed E-state index contributed by atoms with van der Waals surface area (Å²) in [6.07, 6.45) is 8.71. The van der Waals surface area contributed by atoms with Crippen molar-refractivity contribution in [1.29, 1.82) is 0 Å². The van der Waals surface area contributed by atoms with Crippen LogP contribution in [0.25, 0.3) is 32.7 Å². The van der Waals surface area contributed by atoms with E-state index in [-0.39, 0.29) is 51.0 Å². The molecule has 0 fully saturated rings. The zero-order valence-electron chi connectivity index (χ0n) is 24.5. The Morgan fingerprint density at radius 2 is 0.814 bits per heavy atom. The van der Waals surface area contributed by atoms with E-state index >= 15 is 0 Å². The van der Waals surface area contributed by atoms with Crippen LogP contribution in [0.3, 0.4) is 0 Å². The summed E-state index contributed by atoms with van der Waals surface area (Å²) < 4.78 is 0. The SMILES string of the molecule is CC1=NC2=C(C)C=CC2=C1c1cccc2ccccc12.CC1=NC2=C(C)C=CC2=C1c1cccc2ccccc12.[Cl-].[Cl-].[Zr+2]. The van der Waals surface area contributed by atoms with Gasteiger partial charge in [0.2, 0.25) is 0 Å². The van der Waals surface area contributed by atoms with Gasteiger partial charge in [0.05, 0.1) is 11.4 Å². The molecule has 0 atom stereocenters. The van der Waals surface area contributed by atoms with E-state index in [2.05, 4.69) is 137 Å². The number of nitrogens with zero attached hydrogens (tertiary/aromatic N) is 2. The molecule has 4 aliphatic rings. The van der Waals surface area contributed by atoms with Gasteiger partial charge in [0.1, 0.15) is 0 Å². The Balaban J connectivity index is 0.000000184. The second-order valence-corrected chi connectivity index (χ2v) is 10.8. The molecular formula is C38H30Cl2N2Zr. The van der Waals surface area contributed by atoms with E-state index in [1.165, 1.54) is 66.1 Å². The van der Waals surface area contributed by atoms with E-state index in [1.807, 2.05) is 0 Å². The molecule has 0 N–H and O–H groups in total. The summed E-state index contributed by atoms with van der Waals surface area (Å²) in [5.41, 5.74) is 14.7. The summed E-state index contributed by atoms with van der Waals surface area (Å²) in [5, 5.41) is 5.15. The largest absolute Gasteiger partial charge is 2.00 e. The topological polar surface area (TPSA) is 24.7 Å². The van der Waals surface area contributed by atoms with Crippen LogP contribution in [0.15, 0.2) is 153 Å². The van der Waals surface area contributed by atoms with E-state index in [0.717, 1.165) is 22.8 Å². The number of rotatable bonds is 2. The fourth-order valence-corrected chi connectivity index (χ4v) is 6.26. The quantitative estimate of drug-likeness (QED) is 0.309. The molecule has 0 saturated carbocycles. The average molecular weight is 677 g/mol. The number of hydrogen-bond acceptors (Lipinski definition) is 2. The van der Waals surface area contributed by atoms with Crippen molar-refractivity contribution in [2.24, 2.45) is 9.98 Å². The minimum atomic E-state index is 0. The van der Waals surface area contributed by atoms with Crippen molar-refractivity contribution in [3.8, 4) is 0 Å². The van der Waals surface area contributed by atoms with Gasteiger partial charge in [0.15, 0.2) is 0 Å². The maximum Gasteiger partial charge on any atom is 2.00 e. The van der Waals surface area contributed by atoms with E-state index in [0.29, 0.717) is 0 Å². The van der Waals surface area contributed by atoms with Gasteiger partial charge in [0, 0.05) is 33.7 Å². The van der Waals surface area contributed by atoms with Crippen LogP contribution in [-0.4, -0.2) is 11.4 Å². The van der Waals surface area contributed by atoms with Crippen LogP contribution >= 0.6 is 0 Å². The van der Waals surface area contributed by atoms with Crippen LogP contribution < -0.4 is 24.8 Å². The molecule has 0 spiro atoms. The second kappa shape index (κ2) is 13.1. The van der Waals surface area contributed by atoms with Crippen LogP contribution in [0, 0.1) is 0 Å². The minimum absolute atomic E-state index is 0. The van der Waals surface area contributed by atoms with Crippen LogP contribution in [-0.2, 0) is 26.2 Å². The van der Waals surface area contributed by atoms with E-state index in [9.17, 15) is 0 Å². The van der Waals surface area contributed by atoms with Gasteiger partial charge in [-0.25, -0.2) is 0 Å². The van der Waals surface area contributed by atoms with Crippen LogP contribution in [0.1, 0.15) is 38.8 Å². The molecule has 2 aliphatic carbocycles. The summed E-state index contributed by atoms with van der Waals surface area (Å²) in [6, 6.07) is 30.1. The number of benzene rings is 4. The summed E-state index contributed by atoms with van der Waals surface area (Å²) in [5.74, 6) is 0. The molecule has 43 heavy (non-hydrogen) atoms. The predicted octanol–water partition coefficient (Wildman–Crippen LogP) is 3.83. The van der Waals surface area contributed by atoms with E-state index in [1.54, 1.807) is 0 Å². The second-order valence-electron chi connectivity index (χ2n) is 10.8. The monoisotopic (exact) mass is 674 g/mol. The first kappa shape index (κ1) is 32.6. The molecule has 8 rings (SSSR count). The number of allylic oxidation sites excluding steroid dienone is 8. The van der Waals surface area contributed by atoms with Crippen molar-refractivity contribution < 1.29 is 51.0 Å². The summed E-state index contributed by atoms with van der Waals surface area (Å²) in [7, 11) is 0. The van der Waals surface area contributed by atoms with Crippen molar-refractivity contribution in [2.75, 3.05) is 0 Å². The van der Waals surface area contributed by atoms with Crippen molar-refractivity contribution >= 4 is 44.1 Å². The molecule has 0 unspecified atom stereocenters. The Kier molecular flexibility index (Phi) is 9.92. The van der Waals surface area contributed by atoms with Gasteiger partial charge in [-0.15, -0.1) is 0 Å². The average Bonchev–Trinajstić information content (AvgIpc) is 3.70. The molecule has 2 heterocycles. The van der Waals surface area contributed by atoms with Crippen LogP contribution in [0.4, 0.5) is 0 Å². The molecule has 0 amide bonds. The van der Waals surface area contributed by atoms with E-state index in [4.69, 9.17) is 9.98 Å². The Labute approximate surface area is 285 Å². The Morgan fingerprint density at radius 3 is 1.23 bits per heavy atom. The summed E-state index contributed by atoms with van der Waals surface area (Å²) in [4.78, 5) is 9.51. The van der Waals surface area contributed by atoms with Crippen LogP contribution in [0.5, 0.6) is 0 Å². The minimum Gasteiger partial charge on any atom is -1.00 e. The molecular weight excluding hydrogens is 647 g/mol. The van der Waals surface area contributed by atoms with Gasteiger partial charge >= 0.3 is 26.2 Å². The Hall–Kier alpha value is -3.36. The maximum absolute atomic E-state index is 4.76. The third kappa shape index (κ3) is 5.56. The molecule has 2 nitrogen and oxygen atoms in total. The van der Waals surface area contributed by atoms with Gasteiger partial charge in [0.25, 0.3) is 0 Å². The third-order valence-corrected chi connectivity index (χ3v) is 8.20. The molecule has 0 radical (unpaired) electrons. The normalized spacial score (nSPS) is 16.0. The molecule has 210 valence electrons. The summed E-state index contributed by atoms with van der Waals surface area (Å²) in [6.45, 7) is 8.47. The van der Waals surface area contributed by atoms with Crippen molar-refractivity contribution in [3.05, 3.63) is 154 Å². The molecule has 5 heteroatoms. The Morgan fingerprint density at radius 1 is 0.442 bits per heavy atom. The van der Waals surface area contributed by atoms with Gasteiger partial charge < -0.3 is 24.8 Å². The number of fused-ring (bicyclic) bond motifs is 4. The zero-order valence-corrected chi connectivity index (χ0v) is 28.5. The standard InChI is InChI=1S/2C19H15N.2ClH.Zr/c2*1-12-10-11-17-18(13(2)20-19(12)17)16-9-5-7-14-6-3-4-8-15(14)16;;;/h2*3-11H,1-2H3;2*1H;/q;;;;+2/p-2. The number of hydrogen-bond donors (Lipinski definition) is 0. The van der Waals surface area contributed by atoms with Gasteiger partial charge in [-0.05, 0) is 71.5 Å². The maximum atomic E-state index is 4.76. The van der Waals surface area contributed by atoms with Crippen molar-refractivity contribution in [1.82, 2.24) is 0 Å². The zero-order chi connectivity index (χ0) is 27.4. The molecule has 4 aromatic rings.